The first-order valence-corrected chi connectivity index (χ1v) is 10.8. The fourth-order valence-electron chi connectivity index (χ4n) is 3.23. The molecule has 1 atom stereocenters. The van der Waals surface area contributed by atoms with Crippen LogP contribution in [0, 0.1) is 0 Å². The Morgan fingerprint density at radius 2 is 2.16 bits per heavy atom. The number of benzene rings is 1. The van der Waals surface area contributed by atoms with Crippen LogP contribution in [0.2, 0.25) is 0 Å². The molecule has 5 nitrogen and oxygen atoms in total. The third-order valence-electron chi connectivity index (χ3n) is 4.52. The van der Waals surface area contributed by atoms with Crippen LogP contribution in [0.25, 0.3) is 0 Å². The van der Waals surface area contributed by atoms with E-state index in [1.807, 2.05) is 46.5 Å². The summed E-state index contributed by atoms with van der Waals surface area (Å²) in [7, 11) is 0. The SMILES string of the molecule is O=C(Nc1cccc(C2SCCS2)c1)c1ccn(C2CCCNC2)n1. The van der Waals surface area contributed by atoms with Crippen LogP contribution in [-0.4, -0.2) is 40.3 Å². The van der Waals surface area contributed by atoms with Crippen LogP contribution < -0.4 is 10.6 Å². The molecule has 4 rings (SSSR count). The summed E-state index contributed by atoms with van der Waals surface area (Å²) in [5.74, 6) is 2.24. The van der Waals surface area contributed by atoms with Gasteiger partial charge in [0.25, 0.3) is 5.91 Å². The van der Waals surface area contributed by atoms with Gasteiger partial charge in [-0.15, -0.1) is 23.5 Å². The smallest absolute Gasteiger partial charge is 0.276 e. The van der Waals surface area contributed by atoms with Gasteiger partial charge in [-0.05, 0) is 43.1 Å². The molecule has 2 aliphatic heterocycles. The van der Waals surface area contributed by atoms with Gasteiger partial charge in [0, 0.05) is 29.9 Å². The number of nitrogens with zero attached hydrogens (tertiary/aromatic N) is 2. The Labute approximate surface area is 156 Å². The zero-order valence-corrected chi connectivity index (χ0v) is 15.6. The number of piperidine rings is 1. The minimum Gasteiger partial charge on any atom is -0.321 e. The van der Waals surface area contributed by atoms with Crippen molar-refractivity contribution in [1.82, 2.24) is 15.1 Å². The summed E-state index contributed by atoms with van der Waals surface area (Å²) in [6.45, 7) is 1.99. The third kappa shape index (κ3) is 4.04. The lowest BCUT2D eigenvalue weighted by Crippen LogP contribution is -2.32. The topological polar surface area (TPSA) is 59.0 Å². The highest BCUT2D eigenvalue weighted by Gasteiger charge is 2.20. The van der Waals surface area contributed by atoms with Crippen molar-refractivity contribution in [2.75, 3.05) is 29.9 Å². The summed E-state index contributed by atoms with van der Waals surface area (Å²) in [4.78, 5) is 12.5. The summed E-state index contributed by atoms with van der Waals surface area (Å²) in [5.41, 5.74) is 2.58. The maximum absolute atomic E-state index is 12.5. The first-order valence-electron chi connectivity index (χ1n) is 8.70. The Morgan fingerprint density at radius 1 is 1.28 bits per heavy atom. The van der Waals surface area contributed by atoms with Crippen molar-refractivity contribution in [3.05, 3.63) is 47.8 Å². The van der Waals surface area contributed by atoms with E-state index in [9.17, 15) is 4.79 Å². The van der Waals surface area contributed by atoms with Crippen molar-refractivity contribution < 1.29 is 4.79 Å². The molecule has 25 heavy (non-hydrogen) atoms. The first-order chi connectivity index (χ1) is 12.3. The van der Waals surface area contributed by atoms with Gasteiger partial charge >= 0.3 is 0 Å². The van der Waals surface area contributed by atoms with Gasteiger partial charge < -0.3 is 10.6 Å². The highest BCUT2D eigenvalue weighted by atomic mass is 32.2. The maximum atomic E-state index is 12.5. The molecule has 2 aromatic rings. The molecule has 0 spiro atoms. The zero-order valence-electron chi connectivity index (χ0n) is 14.0. The molecule has 1 aromatic heterocycles. The van der Waals surface area contributed by atoms with Crippen molar-refractivity contribution in [2.24, 2.45) is 0 Å². The quantitative estimate of drug-likeness (QED) is 0.857. The molecular weight excluding hydrogens is 352 g/mol. The number of nitrogens with one attached hydrogen (secondary N) is 2. The van der Waals surface area contributed by atoms with E-state index in [1.165, 1.54) is 17.1 Å². The fourth-order valence-corrected chi connectivity index (χ4v) is 6.07. The van der Waals surface area contributed by atoms with Crippen molar-refractivity contribution >= 4 is 35.1 Å². The summed E-state index contributed by atoms with van der Waals surface area (Å²) in [5, 5.41) is 10.9. The number of thioether (sulfide) groups is 2. The number of amides is 1. The molecule has 2 aliphatic rings. The summed E-state index contributed by atoms with van der Waals surface area (Å²) in [6, 6.07) is 10.3. The average Bonchev–Trinajstić information content (AvgIpc) is 3.35. The molecule has 1 unspecified atom stereocenters. The molecular formula is C18H22N4OS2. The largest absolute Gasteiger partial charge is 0.321 e. The summed E-state index contributed by atoms with van der Waals surface area (Å²) in [6.07, 6.45) is 4.17. The Morgan fingerprint density at radius 3 is 2.96 bits per heavy atom. The lowest BCUT2D eigenvalue weighted by atomic mass is 10.1. The molecule has 0 saturated carbocycles. The minimum atomic E-state index is -0.147. The number of hydrogen-bond acceptors (Lipinski definition) is 5. The van der Waals surface area contributed by atoms with E-state index in [0.29, 0.717) is 16.3 Å². The molecule has 3 heterocycles. The van der Waals surface area contributed by atoms with Crippen molar-refractivity contribution in [3.8, 4) is 0 Å². The maximum Gasteiger partial charge on any atom is 0.276 e. The van der Waals surface area contributed by atoms with Crippen LogP contribution in [-0.2, 0) is 0 Å². The molecule has 7 heteroatoms. The predicted octanol–water partition coefficient (Wildman–Crippen LogP) is 3.54. The number of aromatic nitrogens is 2. The first kappa shape index (κ1) is 17.0. The number of anilines is 1. The molecule has 1 aromatic carbocycles. The van der Waals surface area contributed by atoms with Crippen LogP contribution in [0.5, 0.6) is 0 Å². The Kier molecular flexibility index (Phi) is 5.33. The normalized spacial score (nSPS) is 21.4. The lowest BCUT2D eigenvalue weighted by Gasteiger charge is -2.22. The van der Waals surface area contributed by atoms with Gasteiger partial charge in [-0.1, -0.05) is 12.1 Å². The molecule has 2 fully saturated rings. The zero-order chi connectivity index (χ0) is 17.1. The molecule has 2 N–H and O–H groups in total. The Hall–Kier alpha value is -1.44. The standard InChI is InChI=1S/C18H22N4OS2/c23-17(16-6-8-22(21-16)15-5-2-7-19-12-15)20-14-4-1-3-13(11-14)18-24-9-10-25-18/h1,3-4,6,8,11,15,18-19H,2,5,7,9-10,12H2,(H,20,23). The molecule has 132 valence electrons. The number of carbonyl (C=O) groups is 1. The lowest BCUT2D eigenvalue weighted by molar-refractivity contribution is 0.102. The van der Waals surface area contributed by atoms with Crippen molar-refractivity contribution in [2.45, 2.75) is 23.5 Å². The molecule has 1 amide bonds. The van der Waals surface area contributed by atoms with Gasteiger partial charge in [-0.25, -0.2) is 0 Å². The molecule has 2 saturated heterocycles. The van der Waals surface area contributed by atoms with E-state index in [1.54, 1.807) is 6.07 Å². The molecule has 0 aliphatic carbocycles. The van der Waals surface area contributed by atoms with Gasteiger partial charge in [0.05, 0.1) is 10.6 Å². The number of carbonyl (C=O) groups excluding carboxylic acids is 1. The van der Waals surface area contributed by atoms with Crippen LogP contribution in [0.4, 0.5) is 5.69 Å². The van der Waals surface area contributed by atoms with E-state index < -0.39 is 0 Å². The van der Waals surface area contributed by atoms with Crippen LogP contribution in [0.15, 0.2) is 36.5 Å². The second-order valence-corrected chi connectivity index (χ2v) is 9.06. The van der Waals surface area contributed by atoms with E-state index in [2.05, 4.69) is 27.9 Å². The van der Waals surface area contributed by atoms with Gasteiger partial charge in [0.2, 0.25) is 0 Å². The summed E-state index contributed by atoms with van der Waals surface area (Å²) >= 11 is 3.93. The van der Waals surface area contributed by atoms with Gasteiger partial charge in [0.15, 0.2) is 5.69 Å². The monoisotopic (exact) mass is 374 g/mol. The van der Waals surface area contributed by atoms with Crippen LogP contribution in [0.3, 0.4) is 0 Å². The van der Waals surface area contributed by atoms with Crippen LogP contribution >= 0.6 is 23.5 Å². The highest BCUT2D eigenvalue weighted by molar-refractivity contribution is 8.19. The van der Waals surface area contributed by atoms with Gasteiger partial charge in [-0.3, -0.25) is 9.48 Å². The van der Waals surface area contributed by atoms with E-state index in [-0.39, 0.29) is 5.91 Å². The second kappa shape index (κ2) is 7.85. The highest BCUT2D eigenvalue weighted by Crippen LogP contribution is 2.45. The van der Waals surface area contributed by atoms with E-state index >= 15 is 0 Å². The molecule has 0 radical (unpaired) electrons. The van der Waals surface area contributed by atoms with Crippen molar-refractivity contribution in [1.29, 1.82) is 0 Å². The Balaban J connectivity index is 1.43. The van der Waals surface area contributed by atoms with Crippen LogP contribution in [0.1, 0.15) is 39.5 Å². The van der Waals surface area contributed by atoms with Crippen molar-refractivity contribution in [3.63, 3.8) is 0 Å². The predicted molar refractivity (Wildman–Crippen MR) is 105 cm³/mol. The van der Waals surface area contributed by atoms with E-state index in [4.69, 9.17) is 0 Å². The minimum absolute atomic E-state index is 0.147. The number of hydrogen-bond donors (Lipinski definition) is 2. The number of rotatable bonds is 4. The van der Waals surface area contributed by atoms with E-state index in [0.717, 1.165) is 31.6 Å². The average molecular weight is 375 g/mol. The summed E-state index contributed by atoms with van der Waals surface area (Å²) < 4.78 is 2.40. The Bertz CT molecular complexity index is 736. The van der Waals surface area contributed by atoms with Gasteiger partial charge in [-0.2, -0.15) is 5.10 Å². The van der Waals surface area contributed by atoms with Gasteiger partial charge in [0.1, 0.15) is 0 Å². The third-order valence-corrected chi connectivity index (χ3v) is 7.63. The molecule has 0 bridgehead atoms. The fraction of sp³-hybridized carbons (Fsp3) is 0.444. The second-order valence-electron chi connectivity index (χ2n) is 6.33.